The quantitative estimate of drug-likeness (QED) is 0.893. The zero-order chi connectivity index (χ0) is 17.2. The minimum Gasteiger partial charge on any atom is -0.380 e. The van der Waals surface area contributed by atoms with Crippen molar-refractivity contribution in [2.24, 2.45) is 5.41 Å². The fourth-order valence-corrected chi connectivity index (χ4v) is 4.68. The summed E-state index contributed by atoms with van der Waals surface area (Å²) in [5, 5.41) is 0. The van der Waals surface area contributed by atoms with Crippen molar-refractivity contribution in [1.29, 1.82) is 0 Å². The molecule has 1 N–H and O–H groups in total. The van der Waals surface area contributed by atoms with Gasteiger partial charge in [-0.1, -0.05) is 12.1 Å². The Bertz CT molecular complexity index is 655. The monoisotopic (exact) mass is 356 g/mol. The molecule has 0 saturated carbocycles. The van der Waals surface area contributed by atoms with Crippen LogP contribution < -0.4 is 4.72 Å². The second-order valence-corrected chi connectivity index (χ2v) is 8.81. The summed E-state index contributed by atoms with van der Waals surface area (Å²) in [6, 6.07) is 6.48. The van der Waals surface area contributed by atoms with E-state index < -0.39 is 10.0 Å². The van der Waals surface area contributed by atoms with E-state index in [9.17, 15) is 12.8 Å². The number of halogens is 1. The van der Waals surface area contributed by atoms with Crippen LogP contribution in [0.2, 0.25) is 0 Å². The van der Waals surface area contributed by atoms with Gasteiger partial charge < -0.3 is 4.74 Å². The summed E-state index contributed by atoms with van der Waals surface area (Å²) in [5.74, 6) is -0.215. The highest BCUT2D eigenvalue weighted by atomic mass is 32.2. The van der Waals surface area contributed by atoms with Gasteiger partial charge in [0.25, 0.3) is 0 Å². The molecule has 1 aromatic rings. The Balaban J connectivity index is 1.62. The highest BCUT2D eigenvalue weighted by Crippen LogP contribution is 2.41. The third-order valence-corrected chi connectivity index (χ3v) is 6.01. The van der Waals surface area contributed by atoms with Gasteiger partial charge in [0.1, 0.15) is 5.82 Å². The van der Waals surface area contributed by atoms with E-state index in [4.69, 9.17) is 4.74 Å². The summed E-state index contributed by atoms with van der Waals surface area (Å²) in [4.78, 5) is 2.35. The molecule has 0 radical (unpaired) electrons. The zero-order valence-electron chi connectivity index (χ0n) is 14.0. The van der Waals surface area contributed by atoms with E-state index in [1.807, 2.05) is 12.1 Å². The van der Waals surface area contributed by atoms with Crippen LogP contribution >= 0.6 is 0 Å². The molecule has 5 nitrogen and oxygen atoms in total. The lowest BCUT2D eigenvalue weighted by Gasteiger charge is -2.48. The summed E-state index contributed by atoms with van der Waals surface area (Å²) in [6.45, 7) is 3.78. The van der Waals surface area contributed by atoms with Crippen LogP contribution in [0.15, 0.2) is 24.3 Å². The first-order valence-electron chi connectivity index (χ1n) is 8.38. The molecule has 2 heterocycles. The van der Waals surface area contributed by atoms with Crippen molar-refractivity contribution in [3.8, 4) is 0 Å². The number of sulfonamides is 1. The average Bonchev–Trinajstić information content (AvgIpc) is 2.53. The molecule has 3 rings (SSSR count). The van der Waals surface area contributed by atoms with Gasteiger partial charge in [-0.2, -0.15) is 0 Å². The van der Waals surface area contributed by atoms with Crippen LogP contribution in [0.3, 0.4) is 0 Å². The van der Waals surface area contributed by atoms with E-state index >= 15 is 0 Å². The lowest BCUT2D eigenvalue weighted by atomic mass is 9.69. The van der Waals surface area contributed by atoms with E-state index in [0.717, 1.165) is 44.5 Å². The van der Waals surface area contributed by atoms with Gasteiger partial charge in [0.15, 0.2) is 0 Å². The van der Waals surface area contributed by atoms with Gasteiger partial charge >= 0.3 is 0 Å². The maximum absolute atomic E-state index is 13.0. The van der Waals surface area contributed by atoms with E-state index in [0.29, 0.717) is 13.2 Å². The molecule has 1 unspecified atom stereocenters. The van der Waals surface area contributed by atoms with Gasteiger partial charge in [0.2, 0.25) is 10.0 Å². The van der Waals surface area contributed by atoms with E-state index in [-0.39, 0.29) is 17.3 Å². The molecular formula is C17H25FN2O3S. The molecule has 0 aromatic heterocycles. The number of rotatable bonds is 4. The molecule has 1 spiro atoms. The van der Waals surface area contributed by atoms with Gasteiger partial charge in [-0.3, -0.25) is 4.90 Å². The Morgan fingerprint density at radius 2 is 1.92 bits per heavy atom. The summed E-state index contributed by atoms with van der Waals surface area (Å²) in [7, 11) is -3.24. The second kappa shape index (κ2) is 7.07. The minimum atomic E-state index is -3.24. The normalized spacial score (nSPS) is 25.0. The number of ether oxygens (including phenoxy) is 1. The van der Waals surface area contributed by atoms with Crippen molar-refractivity contribution in [3.63, 3.8) is 0 Å². The van der Waals surface area contributed by atoms with Crippen molar-refractivity contribution < 1.29 is 17.5 Å². The highest BCUT2D eigenvalue weighted by Gasteiger charge is 2.44. The van der Waals surface area contributed by atoms with Crippen LogP contribution in [0.4, 0.5) is 4.39 Å². The molecule has 2 aliphatic rings. The van der Waals surface area contributed by atoms with Gasteiger partial charge in [0, 0.05) is 13.2 Å². The molecule has 2 aliphatic heterocycles. The molecule has 134 valence electrons. The minimum absolute atomic E-state index is 0.0133. The number of hydrogen-bond acceptors (Lipinski definition) is 4. The average molecular weight is 356 g/mol. The van der Waals surface area contributed by atoms with Crippen LogP contribution in [-0.4, -0.2) is 51.9 Å². The van der Waals surface area contributed by atoms with Gasteiger partial charge in [-0.25, -0.2) is 17.5 Å². The number of hydrogen-bond donors (Lipinski definition) is 1. The van der Waals surface area contributed by atoms with Gasteiger partial charge in [-0.15, -0.1) is 0 Å². The molecule has 0 aliphatic carbocycles. The number of nitrogens with one attached hydrogen (secondary N) is 1. The maximum atomic E-state index is 13.0. The lowest BCUT2D eigenvalue weighted by Crippen LogP contribution is -2.57. The third kappa shape index (κ3) is 4.33. The molecule has 7 heteroatoms. The van der Waals surface area contributed by atoms with Crippen LogP contribution in [0.1, 0.15) is 24.8 Å². The molecule has 24 heavy (non-hydrogen) atoms. The van der Waals surface area contributed by atoms with Crippen LogP contribution in [-0.2, 0) is 21.3 Å². The third-order valence-electron chi connectivity index (χ3n) is 5.30. The van der Waals surface area contributed by atoms with E-state index in [2.05, 4.69) is 9.62 Å². The Hall–Kier alpha value is -1.02. The lowest BCUT2D eigenvalue weighted by molar-refractivity contribution is -0.0445. The maximum Gasteiger partial charge on any atom is 0.209 e. The van der Waals surface area contributed by atoms with Crippen molar-refractivity contribution in [2.75, 3.05) is 32.6 Å². The molecular weight excluding hydrogens is 331 g/mol. The second-order valence-electron chi connectivity index (χ2n) is 7.03. The van der Waals surface area contributed by atoms with Gasteiger partial charge in [0.05, 0.1) is 18.9 Å². The SMILES string of the molecule is CS(=O)(=O)NC1COCCC12CCN(Cc1ccc(F)cc1)CC2. The fourth-order valence-electron chi connectivity index (χ4n) is 3.85. The Labute approximate surface area is 143 Å². The largest absolute Gasteiger partial charge is 0.380 e. The van der Waals surface area contributed by atoms with E-state index in [1.54, 1.807) is 0 Å². The number of piperidine rings is 1. The van der Waals surface area contributed by atoms with Crippen molar-refractivity contribution in [1.82, 2.24) is 9.62 Å². The van der Waals surface area contributed by atoms with Crippen molar-refractivity contribution >= 4 is 10.0 Å². The molecule has 2 saturated heterocycles. The Morgan fingerprint density at radius 3 is 2.54 bits per heavy atom. The first-order chi connectivity index (χ1) is 11.4. The number of benzene rings is 1. The number of nitrogens with zero attached hydrogens (tertiary/aromatic N) is 1. The molecule has 2 fully saturated rings. The predicted octanol–water partition coefficient (Wildman–Crippen LogP) is 1.75. The van der Waals surface area contributed by atoms with E-state index in [1.165, 1.54) is 18.4 Å². The highest BCUT2D eigenvalue weighted by molar-refractivity contribution is 7.88. The topological polar surface area (TPSA) is 58.6 Å². The zero-order valence-corrected chi connectivity index (χ0v) is 14.8. The molecule has 1 aromatic carbocycles. The van der Waals surface area contributed by atoms with Crippen LogP contribution in [0.5, 0.6) is 0 Å². The van der Waals surface area contributed by atoms with Crippen molar-refractivity contribution in [2.45, 2.75) is 31.8 Å². The molecule has 0 amide bonds. The molecule has 0 bridgehead atoms. The molecule has 1 atom stereocenters. The summed E-state index contributed by atoms with van der Waals surface area (Å²) in [5.41, 5.74) is 1.09. The number of likely N-dealkylation sites (tertiary alicyclic amines) is 1. The Kier molecular flexibility index (Phi) is 5.24. The smallest absolute Gasteiger partial charge is 0.209 e. The van der Waals surface area contributed by atoms with Crippen LogP contribution in [0, 0.1) is 11.2 Å². The fraction of sp³-hybridized carbons (Fsp3) is 0.647. The van der Waals surface area contributed by atoms with Gasteiger partial charge in [-0.05, 0) is 55.5 Å². The predicted molar refractivity (Wildman–Crippen MR) is 90.5 cm³/mol. The first kappa shape index (κ1) is 17.8. The van der Waals surface area contributed by atoms with Crippen molar-refractivity contribution in [3.05, 3.63) is 35.6 Å². The summed E-state index contributed by atoms with van der Waals surface area (Å²) in [6.07, 6.45) is 4.00. The first-order valence-corrected chi connectivity index (χ1v) is 10.3. The van der Waals surface area contributed by atoms with Crippen LogP contribution in [0.25, 0.3) is 0 Å². The summed E-state index contributed by atoms with van der Waals surface area (Å²) >= 11 is 0. The Morgan fingerprint density at radius 1 is 1.25 bits per heavy atom. The standard InChI is InChI=1S/C17H25FN2O3S/c1-24(21,22)19-16-13-23-11-8-17(16)6-9-20(10-7-17)12-14-2-4-15(18)5-3-14/h2-5,16,19H,6-13H2,1H3. The summed E-state index contributed by atoms with van der Waals surface area (Å²) < 4.78 is 44.6.